The van der Waals surface area contributed by atoms with E-state index >= 15 is 0 Å². The number of likely N-dealkylation sites (N-methyl/N-ethyl adjacent to an activating group) is 1. The lowest BCUT2D eigenvalue weighted by atomic mass is 9.93. The number of anilines is 1. The minimum Gasteiger partial charge on any atom is -0.493 e. The number of amides is 1. The van der Waals surface area contributed by atoms with Gasteiger partial charge in [0.15, 0.2) is 0 Å². The van der Waals surface area contributed by atoms with Gasteiger partial charge in [-0.15, -0.1) is 0 Å². The average Bonchev–Trinajstić information content (AvgIpc) is 2.79. The number of carbonyl (C=O) groups excluding carboxylic acids is 1. The van der Waals surface area contributed by atoms with Crippen molar-refractivity contribution in [1.82, 2.24) is 9.80 Å². The number of nitrogens with one attached hydrogen (secondary N) is 2. The topological polar surface area (TPSA) is 106 Å². The molecule has 0 aromatic heterocycles. The number of benzene rings is 2. The molecule has 1 atom stereocenters. The van der Waals surface area contributed by atoms with Gasteiger partial charge in [-0.25, -0.2) is 0 Å². The molecule has 4 rings (SSSR count). The number of piperazine rings is 1. The van der Waals surface area contributed by atoms with Crippen LogP contribution in [0.4, 0.5) is 5.69 Å². The van der Waals surface area contributed by atoms with E-state index in [0.717, 1.165) is 37.3 Å². The van der Waals surface area contributed by atoms with E-state index in [1.54, 1.807) is 12.1 Å². The predicted octanol–water partition coefficient (Wildman–Crippen LogP) is 2.54. The molecule has 0 saturated carbocycles. The van der Waals surface area contributed by atoms with Crippen molar-refractivity contribution < 1.29 is 19.4 Å². The second-order valence-electron chi connectivity index (χ2n) is 8.47. The molecule has 0 aliphatic carbocycles. The number of rotatable bonds is 5. The van der Waals surface area contributed by atoms with E-state index in [4.69, 9.17) is 15.3 Å². The molecule has 3 N–H and O–H groups in total. The van der Waals surface area contributed by atoms with Crippen molar-refractivity contribution in [2.24, 2.45) is 5.92 Å². The quantitative estimate of drug-likeness (QED) is 0.491. The number of fused-ring (bicyclic) bond motifs is 1. The summed E-state index contributed by atoms with van der Waals surface area (Å²) in [5, 5.41) is 20.3. The molecule has 1 saturated heterocycles. The van der Waals surface area contributed by atoms with Crippen LogP contribution in [-0.2, 0) is 11.2 Å². The molecule has 2 aromatic rings. The molecule has 8 heteroatoms. The lowest BCUT2D eigenvalue weighted by Gasteiger charge is -2.34. The molecular formula is C24H28N4O4. The molecule has 2 aromatic carbocycles. The summed E-state index contributed by atoms with van der Waals surface area (Å²) >= 11 is 0. The molecule has 0 spiro atoms. The number of nitrogens with zero attached hydrogens (tertiary/aromatic N) is 2. The zero-order valence-corrected chi connectivity index (χ0v) is 18.1. The summed E-state index contributed by atoms with van der Waals surface area (Å²) < 4.78 is 5.71. The molecule has 1 amide bonds. The zero-order chi connectivity index (χ0) is 22.7. The zero-order valence-electron chi connectivity index (χ0n) is 18.1. The summed E-state index contributed by atoms with van der Waals surface area (Å²) in [5.74, 6) is 0.00994. The van der Waals surface area contributed by atoms with E-state index in [1.165, 1.54) is 0 Å². The number of hydrogen-bond acceptors (Lipinski definition) is 5. The predicted molar refractivity (Wildman–Crippen MR) is 122 cm³/mol. The van der Waals surface area contributed by atoms with Crippen LogP contribution in [0, 0.1) is 11.3 Å². The van der Waals surface area contributed by atoms with Crippen molar-refractivity contribution in [2.45, 2.75) is 12.8 Å². The molecule has 2 aliphatic rings. The number of hydrogen-bond donors (Lipinski definition) is 3. The standard InChI is InChI=1S/C24H28N4O4/c1-27-8-10-28(11-9-27)23(25)17-4-6-20(7-5-17)26-24(31)19-3-2-18-12-16(13-22(29)30)15-32-21(18)14-19/h2-7,14,16,25H,8-13,15H2,1H3,(H,26,31)(H,29,30). The van der Waals surface area contributed by atoms with Crippen molar-refractivity contribution in [3.8, 4) is 5.75 Å². The van der Waals surface area contributed by atoms with Gasteiger partial charge in [-0.2, -0.15) is 0 Å². The summed E-state index contributed by atoms with van der Waals surface area (Å²) in [6, 6.07) is 12.6. The van der Waals surface area contributed by atoms with Crippen LogP contribution in [0.3, 0.4) is 0 Å². The van der Waals surface area contributed by atoms with Gasteiger partial charge in [-0.3, -0.25) is 15.0 Å². The highest BCUT2D eigenvalue weighted by Crippen LogP contribution is 2.30. The fraction of sp³-hybridized carbons (Fsp3) is 0.375. The van der Waals surface area contributed by atoms with Crippen LogP contribution in [0.2, 0.25) is 0 Å². The highest BCUT2D eigenvalue weighted by atomic mass is 16.5. The Morgan fingerprint density at radius 1 is 1.09 bits per heavy atom. The van der Waals surface area contributed by atoms with Crippen molar-refractivity contribution in [1.29, 1.82) is 5.41 Å². The van der Waals surface area contributed by atoms with Crippen LogP contribution in [0.1, 0.15) is 27.9 Å². The second-order valence-corrected chi connectivity index (χ2v) is 8.47. The number of carboxylic acids is 1. The minimum atomic E-state index is -0.831. The smallest absolute Gasteiger partial charge is 0.303 e. The van der Waals surface area contributed by atoms with E-state index in [-0.39, 0.29) is 18.2 Å². The van der Waals surface area contributed by atoms with E-state index < -0.39 is 5.97 Å². The first-order valence-corrected chi connectivity index (χ1v) is 10.8. The largest absolute Gasteiger partial charge is 0.493 e. The lowest BCUT2D eigenvalue weighted by molar-refractivity contribution is -0.138. The van der Waals surface area contributed by atoms with Crippen LogP contribution in [0.25, 0.3) is 0 Å². The highest BCUT2D eigenvalue weighted by molar-refractivity contribution is 6.05. The Morgan fingerprint density at radius 3 is 2.47 bits per heavy atom. The summed E-state index contributed by atoms with van der Waals surface area (Å²) in [6.45, 7) is 3.91. The monoisotopic (exact) mass is 436 g/mol. The van der Waals surface area contributed by atoms with Crippen LogP contribution in [0.15, 0.2) is 42.5 Å². The number of carboxylic acid groups (broad SMARTS) is 1. The van der Waals surface area contributed by atoms with Gasteiger partial charge >= 0.3 is 5.97 Å². The van der Waals surface area contributed by atoms with Crippen LogP contribution < -0.4 is 10.1 Å². The van der Waals surface area contributed by atoms with Crippen molar-refractivity contribution >= 4 is 23.4 Å². The Bertz CT molecular complexity index is 1010. The van der Waals surface area contributed by atoms with Gasteiger partial charge in [0, 0.05) is 48.9 Å². The molecular weight excluding hydrogens is 408 g/mol. The maximum absolute atomic E-state index is 12.7. The molecule has 1 unspecified atom stereocenters. The van der Waals surface area contributed by atoms with Crippen LogP contribution in [0.5, 0.6) is 5.75 Å². The Kier molecular flexibility index (Phi) is 6.41. The Balaban J connectivity index is 1.37. The summed E-state index contributed by atoms with van der Waals surface area (Å²) in [4.78, 5) is 28.0. The molecule has 168 valence electrons. The molecule has 8 nitrogen and oxygen atoms in total. The Morgan fingerprint density at radius 2 is 1.78 bits per heavy atom. The van der Waals surface area contributed by atoms with E-state index in [0.29, 0.717) is 35.9 Å². The molecule has 0 bridgehead atoms. The first kappa shape index (κ1) is 21.8. The van der Waals surface area contributed by atoms with Crippen LogP contribution >= 0.6 is 0 Å². The average molecular weight is 437 g/mol. The van der Waals surface area contributed by atoms with E-state index in [9.17, 15) is 9.59 Å². The maximum atomic E-state index is 12.7. The van der Waals surface area contributed by atoms with Crippen LogP contribution in [-0.4, -0.2) is 72.5 Å². The second kappa shape index (κ2) is 9.40. The number of ether oxygens (including phenoxy) is 1. The SMILES string of the molecule is CN1CCN(C(=N)c2ccc(NC(=O)c3ccc4c(c3)OCC(CC(=O)O)C4)cc2)CC1. The number of carbonyl (C=O) groups is 2. The van der Waals surface area contributed by atoms with Gasteiger partial charge in [0.05, 0.1) is 13.0 Å². The molecule has 32 heavy (non-hydrogen) atoms. The lowest BCUT2D eigenvalue weighted by Crippen LogP contribution is -2.47. The van der Waals surface area contributed by atoms with Crippen molar-refractivity contribution in [3.63, 3.8) is 0 Å². The number of aliphatic carboxylic acids is 1. The van der Waals surface area contributed by atoms with E-state index in [1.807, 2.05) is 30.3 Å². The molecule has 1 fully saturated rings. The third kappa shape index (κ3) is 5.08. The summed E-state index contributed by atoms with van der Waals surface area (Å²) in [5.41, 5.74) is 2.89. The fourth-order valence-corrected chi connectivity index (χ4v) is 4.08. The summed E-state index contributed by atoms with van der Waals surface area (Å²) in [7, 11) is 2.09. The first-order chi connectivity index (χ1) is 15.4. The fourth-order valence-electron chi connectivity index (χ4n) is 4.08. The van der Waals surface area contributed by atoms with Gasteiger partial charge in [-0.05, 0) is 55.4 Å². The first-order valence-electron chi connectivity index (χ1n) is 10.8. The maximum Gasteiger partial charge on any atom is 0.303 e. The van der Waals surface area contributed by atoms with Gasteiger partial charge in [0.1, 0.15) is 11.6 Å². The van der Waals surface area contributed by atoms with Gasteiger partial charge in [-0.1, -0.05) is 6.07 Å². The van der Waals surface area contributed by atoms with Gasteiger partial charge < -0.3 is 25.0 Å². The molecule has 2 aliphatic heterocycles. The van der Waals surface area contributed by atoms with Gasteiger partial charge in [0.25, 0.3) is 5.91 Å². The van der Waals surface area contributed by atoms with Gasteiger partial charge in [0.2, 0.25) is 0 Å². The Labute approximate surface area is 187 Å². The summed E-state index contributed by atoms with van der Waals surface area (Å²) in [6.07, 6.45) is 0.703. The third-order valence-corrected chi connectivity index (χ3v) is 6.01. The normalized spacial score (nSPS) is 18.4. The highest BCUT2D eigenvalue weighted by Gasteiger charge is 2.23. The molecule has 2 heterocycles. The molecule has 0 radical (unpaired) electrons. The Hall–Kier alpha value is -3.39. The van der Waals surface area contributed by atoms with Crippen molar-refractivity contribution in [3.05, 3.63) is 59.2 Å². The third-order valence-electron chi connectivity index (χ3n) is 6.01. The van der Waals surface area contributed by atoms with E-state index in [2.05, 4.69) is 22.2 Å². The van der Waals surface area contributed by atoms with Crippen molar-refractivity contribution in [2.75, 3.05) is 45.2 Å². The minimum absolute atomic E-state index is 0.0530. The number of amidine groups is 1.